The van der Waals surface area contributed by atoms with Crippen LogP contribution in [0.25, 0.3) is 4.47 Å². The molecule has 126 valence electrons. The van der Waals surface area contributed by atoms with E-state index in [0.717, 1.165) is 15.7 Å². The van der Waals surface area contributed by atoms with E-state index in [1.54, 1.807) is 11.8 Å². The molecule has 0 N–H and O–H groups in total. The Morgan fingerprint density at radius 3 is 2.83 bits per heavy atom. The standard InChI is InChI=1S/C20H21ClOSSe/c1-3-4-11-24-20-15-12-14(2)9-10-17(15)22-13-19(20)23-18-8-6-5-7-16(18)21/h5-10,12H,3-4,11,13H2,1-2H3. The minimum absolute atomic E-state index is 0.464. The maximum absolute atomic E-state index is 6.36. The summed E-state index contributed by atoms with van der Waals surface area (Å²) in [5, 5.41) is 2.09. The third kappa shape index (κ3) is 4.21. The zero-order chi connectivity index (χ0) is 16.9. The molecule has 0 amide bonds. The Kier molecular flexibility index (Phi) is 6.35. The van der Waals surface area contributed by atoms with Gasteiger partial charge in [0.15, 0.2) is 0 Å². The molecule has 0 saturated heterocycles. The normalized spacial score (nSPS) is 13.6. The number of hydrogen-bond donors (Lipinski definition) is 0. The molecule has 1 nitrogen and oxygen atoms in total. The van der Waals surface area contributed by atoms with E-state index in [1.807, 2.05) is 18.2 Å². The number of aryl methyl sites for hydroxylation is 1. The molecule has 0 atom stereocenters. The second-order valence-electron chi connectivity index (χ2n) is 5.78. The van der Waals surface area contributed by atoms with Gasteiger partial charge in [0.25, 0.3) is 0 Å². The SMILES string of the molecule is CCCC[Se]C1=C(Sc2ccccc2Cl)COc2ccc(C)cc21. The third-order valence-corrected chi connectivity index (χ3v) is 8.30. The number of hydrogen-bond acceptors (Lipinski definition) is 2. The van der Waals surface area contributed by atoms with Gasteiger partial charge in [-0.1, -0.05) is 0 Å². The van der Waals surface area contributed by atoms with Crippen LogP contribution in [0.1, 0.15) is 30.9 Å². The van der Waals surface area contributed by atoms with E-state index in [0.29, 0.717) is 21.6 Å². The van der Waals surface area contributed by atoms with Gasteiger partial charge in [0.1, 0.15) is 0 Å². The zero-order valence-electron chi connectivity index (χ0n) is 14.0. The molecular formula is C20H21ClOSSe. The molecule has 0 aliphatic carbocycles. The van der Waals surface area contributed by atoms with Crippen molar-refractivity contribution in [3.05, 3.63) is 63.5 Å². The van der Waals surface area contributed by atoms with Crippen molar-refractivity contribution in [2.75, 3.05) is 6.61 Å². The average molecular weight is 424 g/mol. The Morgan fingerprint density at radius 1 is 1.21 bits per heavy atom. The van der Waals surface area contributed by atoms with Gasteiger partial charge in [-0.05, 0) is 0 Å². The molecule has 2 aromatic rings. The Hall–Kier alpha value is -0.861. The van der Waals surface area contributed by atoms with Crippen molar-refractivity contribution in [1.29, 1.82) is 0 Å². The summed E-state index contributed by atoms with van der Waals surface area (Å²) in [6, 6.07) is 14.6. The predicted octanol–water partition coefficient (Wildman–Crippen LogP) is 6.42. The van der Waals surface area contributed by atoms with Crippen LogP contribution >= 0.6 is 23.4 Å². The predicted molar refractivity (Wildman–Crippen MR) is 106 cm³/mol. The Balaban J connectivity index is 1.97. The first-order valence-electron chi connectivity index (χ1n) is 8.21. The van der Waals surface area contributed by atoms with Crippen molar-refractivity contribution < 1.29 is 4.74 Å². The van der Waals surface area contributed by atoms with Crippen molar-refractivity contribution in [1.82, 2.24) is 0 Å². The summed E-state index contributed by atoms with van der Waals surface area (Å²) < 4.78 is 7.52. The van der Waals surface area contributed by atoms with Gasteiger partial charge in [-0.3, -0.25) is 0 Å². The van der Waals surface area contributed by atoms with Crippen LogP contribution in [0.5, 0.6) is 5.75 Å². The molecule has 0 radical (unpaired) electrons. The van der Waals surface area contributed by atoms with Crippen molar-refractivity contribution in [2.45, 2.75) is 36.9 Å². The summed E-state index contributed by atoms with van der Waals surface area (Å²) >= 11 is 8.59. The number of thioether (sulfide) groups is 1. The number of ether oxygens (including phenoxy) is 1. The molecule has 4 heteroatoms. The molecule has 0 saturated carbocycles. The van der Waals surface area contributed by atoms with Crippen LogP contribution < -0.4 is 4.74 Å². The summed E-state index contributed by atoms with van der Waals surface area (Å²) in [7, 11) is 0. The molecule has 1 aliphatic rings. The first-order valence-corrected chi connectivity index (χ1v) is 11.5. The van der Waals surface area contributed by atoms with Crippen molar-refractivity contribution in [2.24, 2.45) is 0 Å². The topological polar surface area (TPSA) is 9.23 Å². The van der Waals surface area contributed by atoms with Gasteiger partial charge in [-0.15, -0.1) is 0 Å². The monoisotopic (exact) mass is 424 g/mol. The molecular weight excluding hydrogens is 403 g/mol. The van der Waals surface area contributed by atoms with Gasteiger partial charge >= 0.3 is 160 Å². The number of rotatable bonds is 6. The maximum atomic E-state index is 6.36. The van der Waals surface area contributed by atoms with Crippen LogP contribution in [0, 0.1) is 6.92 Å². The first-order chi connectivity index (χ1) is 11.7. The average Bonchev–Trinajstić information content (AvgIpc) is 2.58. The van der Waals surface area contributed by atoms with Crippen LogP contribution in [0.2, 0.25) is 10.3 Å². The third-order valence-electron chi connectivity index (χ3n) is 3.81. The summed E-state index contributed by atoms with van der Waals surface area (Å²) in [6.45, 7) is 5.05. The van der Waals surface area contributed by atoms with Crippen LogP contribution in [0.3, 0.4) is 0 Å². The van der Waals surface area contributed by atoms with E-state index in [-0.39, 0.29) is 0 Å². The van der Waals surface area contributed by atoms with Gasteiger partial charge in [-0.2, -0.15) is 0 Å². The molecule has 24 heavy (non-hydrogen) atoms. The van der Waals surface area contributed by atoms with Crippen LogP contribution in [0.15, 0.2) is 52.3 Å². The molecule has 1 heterocycles. The van der Waals surface area contributed by atoms with Crippen LogP contribution in [-0.2, 0) is 0 Å². The first kappa shape index (κ1) is 17.9. The second kappa shape index (κ2) is 8.49. The minimum atomic E-state index is 0.464. The fourth-order valence-electron chi connectivity index (χ4n) is 2.52. The van der Waals surface area contributed by atoms with E-state index >= 15 is 0 Å². The molecule has 1 aliphatic heterocycles. The Bertz CT molecular complexity index is 757. The fourth-order valence-corrected chi connectivity index (χ4v) is 6.70. The summed E-state index contributed by atoms with van der Waals surface area (Å²) in [5.41, 5.74) is 2.57. The van der Waals surface area contributed by atoms with E-state index in [1.165, 1.54) is 38.7 Å². The van der Waals surface area contributed by atoms with E-state index in [2.05, 4.69) is 38.1 Å². The second-order valence-corrected chi connectivity index (χ2v) is 9.64. The van der Waals surface area contributed by atoms with Crippen LogP contribution in [-0.4, -0.2) is 21.6 Å². The molecule has 3 rings (SSSR count). The van der Waals surface area contributed by atoms with Gasteiger partial charge in [0, 0.05) is 0 Å². The van der Waals surface area contributed by atoms with E-state index in [4.69, 9.17) is 16.3 Å². The van der Waals surface area contributed by atoms with Gasteiger partial charge in [0.05, 0.1) is 0 Å². The summed E-state index contributed by atoms with van der Waals surface area (Å²) in [5.74, 6) is 1.03. The van der Waals surface area contributed by atoms with Gasteiger partial charge in [-0.25, -0.2) is 0 Å². The summed E-state index contributed by atoms with van der Waals surface area (Å²) in [4.78, 5) is 2.43. The van der Waals surface area contributed by atoms with E-state index in [9.17, 15) is 0 Å². The number of unbranched alkanes of at least 4 members (excludes halogenated alkanes) is 1. The van der Waals surface area contributed by atoms with Gasteiger partial charge in [0.2, 0.25) is 0 Å². The van der Waals surface area contributed by atoms with E-state index < -0.39 is 0 Å². The molecule has 0 fully saturated rings. The number of halogens is 1. The van der Waals surface area contributed by atoms with Crippen molar-refractivity contribution in [3.63, 3.8) is 0 Å². The zero-order valence-corrected chi connectivity index (χ0v) is 17.3. The summed E-state index contributed by atoms with van der Waals surface area (Å²) in [6.07, 6.45) is 2.54. The molecule has 2 aromatic carbocycles. The molecule has 0 aromatic heterocycles. The van der Waals surface area contributed by atoms with Crippen molar-refractivity contribution >= 4 is 42.8 Å². The fraction of sp³-hybridized carbons (Fsp3) is 0.300. The van der Waals surface area contributed by atoms with Gasteiger partial charge < -0.3 is 0 Å². The number of fused-ring (bicyclic) bond motifs is 1. The molecule has 0 unspecified atom stereocenters. The van der Waals surface area contributed by atoms with Crippen molar-refractivity contribution in [3.8, 4) is 5.75 Å². The molecule has 0 bridgehead atoms. The quantitative estimate of drug-likeness (QED) is 0.391. The Labute approximate surface area is 160 Å². The Morgan fingerprint density at radius 2 is 2.04 bits per heavy atom. The number of benzene rings is 2. The van der Waals surface area contributed by atoms with Crippen LogP contribution in [0.4, 0.5) is 0 Å². The molecule has 0 spiro atoms.